The van der Waals surface area contributed by atoms with Gasteiger partial charge in [-0.25, -0.2) is 9.37 Å². The van der Waals surface area contributed by atoms with Crippen LogP contribution in [-0.4, -0.2) is 66.4 Å². The Morgan fingerprint density at radius 3 is 2.53 bits per heavy atom. The second-order valence-electron chi connectivity index (χ2n) is 8.37. The standard InChI is InChI=1S/C26H30FN5O5S/c1-4-20(37-15-21(33)31-11-13-36-14-12-31)10-5-16(2)22(34)23-24(28)30-26(38-23)32(17(3)25(29)35)19-8-6-18(27)7-9-19/h4-10,17H,1,11-15,28H2,2-3H3,(H2,29,35)/b16-5+,20-10+. The van der Waals surface area contributed by atoms with E-state index in [0.29, 0.717) is 43.3 Å². The van der Waals surface area contributed by atoms with E-state index in [0.717, 1.165) is 11.3 Å². The van der Waals surface area contributed by atoms with Crippen molar-refractivity contribution in [3.8, 4) is 0 Å². The van der Waals surface area contributed by atoms with Gasteiger partial charge in [0.2, 0.25) is 11.7 Å². The highest BCUT2D eigenvalue weighted by molar-refractivity contribution is 7.18. The van der Waals surface area contributed by atoms with E-state index in [1.54, 1.807) is 18.7 Å². The molecule has 0 aliphatic carbocycles. The number of nitrogen functional groups attached to an aromatic ring is 1. The van der Waals surface area contributed by atoms with Crippen molar-refractivity contribution in [2.24, 2.45) is 5.73 Å². The van der Waals surface area contributed by atoms with Crippen LogP contribution in [-0.2, 0) is 19.1 Å². The van der Waals surface area contributed by atoms with Gasteiger partial charge in [0.05, 0.1) is 13.2 Å². The van der Waals surface area contributed by atoms with Crippen LogP contribution in [0.5, 0.6) is 0 Å². The number of carbonyl (C=O) groups is 3. The van der Waals surface area contributed by atoms with Crippen molar-refractivity contribution >= 4 is 45.6 Å². The summed E-state index contributed by atoms with van der Waals surface area (Å²) in [5, 5.41) is 0.254. The number of nitrogens with two attached hydrogens (primary N) is 2. The molecular formula is C26H30FN5O5S. The minimum Gasteiger partial charge on any atom is -0.484 e. The highest BCUT2D eigenvalue weighted by Crippen LogP contribution is 2.36. The van der Waals surface area contributed by atoms with Crippen LogP contribution in [0.25, 0.3) is 0 Å². The molecule has 1 unspecified atom stereocenters. The molecule has 0 radical (unpaired) electrons. The summed E-state index contributed by atoms with van der Waals surface area (Å²) in [4.78, 5) is 45.0. The van der Waals surface area contributed by atoms with Crippen molar-refractivity contribution in [2.45, 2.75) is 19.9 Å². The van der Waals surface area contributed by atoms with Crippen LogP contribution in [0.3, 0.4) is 0 Å². The summed E-state index contributed by atoms with van der Waals surface area (Å²) in [5.41, 5.74) is 12.4. The number of rotatable bonds is 11. The fraction of sp³-hybridized carbons (Fsp3) is 0.308. The van der Waals surface area contributed by atoms with Gasteiger partial charge in [0.1, 0.15) is 28.3 Å². The third-order valence-electron chi connectivity index (χ3n) is 5.74. The molecule has 202 valence electrons. The fourth-order valence-corrected chi connectivity index (χ4v) is 4.59. The van der Waals surface area contributed by atoms with Crippen LogP contribution < -0.4 is 16.4 Å². The minimum atomic E-state index is -0.846. The van der Waals surface area contributed by atoms with E-state index >= 15 is 0 Å². The van der Waals surface area contributed by atoms with Crippen molar-refractivity contribution in [2.75, 3.05) is 43.5 Å². The molecule has 1 saturated heterocycles. The molecule has 3 rings (SSSR count). The third kappa shape index (κ3) is 7.05. The van der Waals surface area contributed by atoms with E-state index in [1.165, 1.54) is 47.4 Å². The molecule has 4 N–H and O–H groups in total. The molecule has 1 atom stereocenters. The van der Waals surface area contributed by atoms with Crippen LogP contribution >= 0.6 is 11.3 Å². The molecule has 1 aliphatic heterocycles. The van der Waals surface area contributed by atoms with Gasteiger partial charge in [-0.15, -0.1) is 0 Å². The number of nitrogens with zero attached hydrogens (tertiary/aromatic N) is 3. The first-order chi connectivity index (χ1) is 18.1. The molecule has 2 aromatic rings. The summed E-state index contributed by atoms with van der Waals surface area (Å²) in [6, 6.07) is 4.59. The van der Waals surface area contributed by atoms with Gasteiger partial charge in [0, 0.05) is 18.8 Å². The van der Waals surface area contributed by atoms with Gasteiger partial charge in [-0.3, -0.25) is 14.4 Å². The number of benzene rings is 1. The van der Waals surface area contributed by atoms with Gasteiger partial charge in [-0.2, -0.15) is 0 Å². The van der Waals surface area contributed by atoms with E-state index in [-0.39, 0.29) is 34.1 Å². The van der Waals surface area contributed by atoms with E-state index < -0.39 is 17.8 Å². The number of carbonyl (C=O) groups excluding carboxylic acids is 3. The lowest BCUT2D eigenvalue weighted by Gasteiger charge is -2.26. The average Bonchev–Trinajstić information content (AvgIpc) is 3.30. The van der Waals surface area contributed by atoms with E-state index in [9.17, 15) is 18.8 Å². The number of aromatic nitrogens is 1. The number of hydrogen-bond donors (Lipinski definition) is 2. The Labute approximate surface area is 224 Å². The van der Waals surface area contributed by atoms with Crippen LogP contribution in [0.15, 0.2) is 60.4 Å². The molecule has 10 nitrogen and oxygen atoms in total. The predicted molar refractivity (Wildman–Crippen MR) is 143 cm³/mol. The zero-order valence-electron chi connectivity index (χ0n) is 21.2. The van der Waals surface area contributed by atoms with Gasteiger partial charge >= 0.3 is 0 Å². The van der Waals surface area contributed by atoms with Gasteiger partial charge in [-0.1, -0.05) is 24.0 Å². The van der Waals surface area contributed by atoms with E-state index in [2.05, 4.69) is 11.6 Å². The normalized spacial score (nSPS) is 15.1. The molecule has 38 heavy (non-hydrogen) atoms. The number of halogens is 1. The first-order valence-corrected chi connectivity index (χ1v) is 12.6. The van der Waals surface area contributed by atoms with Crippen molar-refractivity contribution in [1.82, 2.24) is 9.88 Å². The maximum atomic E-state index is 13.5. The fourth-order valence-electron chi connectivity index (χ4n) is 3.50. The molecular weight excluding hydrogens is 513 g/mol. The molecule has 2 heterocycles. The first-order valence-electron chi connectivity index (χ1n) is 11.8. The third-order valence-corrected chi connectivity index (χ3v) is 6.81. The number of amides is 2. The SMILES string of the molecule is C=C/C(=C\C=C(/C)C(=O)c1sc(N(c2ccc(F)cc2)C(C)C(N)=O)nc1N)OCC(=O)N1CCOCC1. The molecule has 0 saturated carbocycles. The van der Waals surface area contributed by atoms with Gasteiger partial charge in [-0.05, 0) is 55.8 Å². The number of allylic oxidation sites excluding steroid dienone is 4. The Morgan fingerprint density at radius 2 is 1.92 bits per heavy atom. The summed E-state index contributed by atoms with van der Waals surface area (Å²) in [7, 11) is 0. The van der Waals surface area contributed by atoms with Crippen molar-refractivity contribution in [3.05, 3.63) is 71.1 Å². The Morgan fingerprint density at radius 1 is 1.26 bits per heavy atom. The van der Waals surface area contributed by atoms with E-state index in [1.807, 2.05) is 0 Å². The molecule has 2 amide bonds. The second kappa shape index (κ2) is 13.0. The smallest absolute Gasteiger partial charge is 0.260 e. The van der Waals surface area contributed by atoms with Gasteiger partial charge < -0.3 is 30.7 Å². The van der Waals surface area contributed by atoms with E-state index in [4.69, 9.17) is 20.9 Å². The summed E-state index contributed by atoms with van der Waals surface area (Å²) in [5.74, 6) is -1.35. The van der Waals surface area contributed by atoms with Crippen molar-refractivity contribution in [3.63, 3.8) is 0 Å². The monoisotopic (exact) mass is 543 g/mol. The largest absolute Gasteiger partial charge is 0.484 e. The number of morpholine rings is 1. The Kier molecular flexibility index (Phi) is 9.74. The topological polar surface area (TPSA) is 141 Å². The number of thiazole rings is 1. The Hall–Kier alpha value is -4.03. The lowest BCUT2D eigenvalue weighted by atomic mass is 10.1. The lowest BCUT2D eigenvalue weighted by Crippen LogP contribution is -2.42. The molecule has 0 spiro atoms. The zero-order chi connectivity index (χ0) is 27.8. The number of ketones is 1. The number of primary amides is 1. The molecule has 1 fully saturated rings. The minimum absolute atomic E-state index is 0.0215. The zero-order valence-corrected chi connectivity index (χ0v) is 22.0. The summed E-state index contributed by atoms with van der Waals surface area (Å²) >= 11 is 0.984. The molecule has 1 aliphatic rings. The van der Waals surface area contributed by atoms with Crippen LogP contribution in [0.1, 0.15) is 23.5 Å². The number of Topliss-reactive ketones (excluding diaryl/α,β-unsaturated/α-hetero) is 1. The molecule has 1 aromatic heterocycles. The number of ether oxygens (including phenoxy) is 2. The maximum Gasteiger partial charge on any atom is 0.260 e. The predicted octanol–water partition coefficient (Wildman–Crippen LogP) is 2.95. The van der Waals surface area contributed by atoms with Crippen LogP contribution in [0.2, 0.25) is 0 Å². The number of hydrogen-bond acceptors (Lipinski definition) is 9. The summed E-state index contributed by atoms with van der Waals surface area (Å²) in [6.45, 7) is 8.70. The van der Waals surface area contributed by atoms with Gasteiger partial charge in [0.15, 0.2) is 11.7 Å². The quantitative estimate of drug-likeness (QED) is 0.191. The summed E-state index contributed by atoms with van der Waals surface area (Å²) in [6.07, 6.45) is 4.50. The summed E-state index contributed by atoms with van der Waals surface area (Å²) < 4.78 is 24.3. The number of anilines is 3. The average molecular weight is 544 g/mol. The Balaban J connectivity index is 1.77. The van der Waals surface area contributed by atoms with Gasteiger partial charge in [0.25, 0.3) is 5.91 Å². The second-order valence-corrected chi connectivity index (χ2v) is 9.35. The van der Waals surface area contributed by atoms with Crippen molar-refractivity contribution in [1.29, 1.82) is 0 Å². The molecule has 0 bridgehead atoms. The molecule has 1 aromatic carbocycles. The molecule has 12 heteroatoms. The first kappa shape index (κ1) is 28.5. The highest BCUT2D eigenvalue weighted by atomic mass is 32.1. The van der Waals surface area contributed by atoms with Crippen LogP contribution in [0.4, 0.5) is 21.0 Å². The maximum absolute atomic E-state index is 13.5. The highest BCUT2D eigenvalue weighted by Gasteiger charge is 2.27. The van der Waals surface area contributed by atoms with Crippen molar-refractivity contribution < 1.29 is 28.2 Å². The lowest BCUT2D eigenvalue weighted by molar-refractivity contribution is -0.138. The Bertz CT molecular complexity index is 1250. The van der Waals surface area contributed by atoms with Crippen LogP contribution in [0, 0.1) is 5.82 Å².